The van der Waals surface area contributed by atoms with Crippen LogP contribution in [0.2, 0.25) is 0 Å². The van der Waals surface area contributed by atoms with Crippen LogP contribution in [0.1, 0.15) is 30.7 Å². The molecule has 1 saturated heterocycles. The van der Waals surface area contributed by atoms with Crippen molar-refractivity contribution in [3.8, 4) is 0 Å². The van der Waals surface area contributed by atoms with Gasteiger partial charge >= 0.3 is 0 Å². The highest BCUT2D eigenvalue weighted by atomic mass is 16.5. The van der Waals surface area contributed by atoms with Crippen molar-refractivity contribution in [3.05, 3.63) is 54.1 Å². The van der Waals surface area contributed by atoms with Gasteiger partial charge in [0.2, 0.25) is 0 Å². The van der Waals surface area contributed by atoms with E-state index in [0.717, 1.165) is 38.3 Å². The van der Waals surface area contributed by atoms with Crippen LogP contribution in [0, 0.1) is 0 Å². The lowest BCUT2D eigenvalue weighted by Gasteiger charge is -2.34. The molecule has 3 rings (SSSR count). The van der Waals surface area contributed by atoms with Crippen molar-refractivity contribution < 1.29 is 9.53 Å². The smallest absolute Gasteiger partial charge is 0.252 e. The van der Waals surface area contributed by atoms with Crippen LogP contribution in [0.15, 0.2) is 42.7 Å². The van der Waals surface area contributed by atoms with E-state index < -0.39 is 5.60 Å². The summed E-state index contributed by atoms with van der Waals surface area (Å²) in [7, 11) is 1.62. The summed E-state index contributed by atoms with van der Waals surface area (Å²) >= 11 is 0. The van der Waals surface area contributed by atoms with Gasteiger partial charge in [0.1, 0.15) is 11.4 Å². The third kappa shape index (κ3) is 4.51. The van der Waals surface area contributed by atoms with Crippen LogP contribution in [0.25, 0.3) is 0 Å². The van der Waals surface area contributed by atoms with Gasteiger partial charge in [-0.2, -0.15) is 0 Å². The maximum Gasteiger partial charge on any atom is 0.252 e. The summed E-state index contributed by atoms with van der Waals surface area (Å²) < 4.78 is 7.69. The van der Waals surface area contributed by atoms with E-state index in [0.29, 0.717) is 19.4 Å². The van der Waals surface area contributed by atoms with E-state index in [1.165, 1.54) is 5.56 Å². The zero-order valence-electron chi connectivity index (χ0n) is 15.4. The Bertz CT molecular complexity index is 693. The summed E-state index contributed by atoms with van der Waals surface area (Å²) in [5.74, 6) is 0.840. The molecule has 2 aromatic rings. The molecule has 6 heteroatoms. The molecule has 0 aliphatic carbocycles. The molecule has 26 heavy (non-hydrogen) atoms. The highest BCUT2D eigenvalue weighted by molar-refractivity contribution is 5.85. The highest BCUT2D eigenvalue weighted by Crippen LogP contribution is 2.22. The second-order valence-corrected chi connectivity index (χ2v) is 6.76. The Morgan fingerprint density at radius 3 is 2.81 bits per heavy atom. The number of rotatable bonds is 8. The van der Waals surface area contributed by atoms with Crippen LogP contribution in [0.5, 0.6) is 0 Å². The van der Waals surface area contributed by atoms with Crippen molar-refractivity contribution >= 4 is 5.91 Å². The lowest BCUT2D eigenvalue weighted by molar-refractivity contribution is -0.146. The second-order valence-electron chi connectivity index (χ2n) is 6.76. The molecule has 6 nitrogen and oxygen atoms in total. The lowest BCUT2D eigenvalue weighted by atomic mass is 9.91. The molecule has 2 N–H and O–H groups in total. The average molecular weight is 356 g/mol. The molecular weight excluding hydrogens is 328 g/mol. The number of benzene rings is 1. The summed E-state index contributed by atoms with van der Waals surface area (Å²) in [5.41, 5.74) is 0.631. The maximum atomic E-state index is 12.7. The monoisotopic (exact) mass is 356 g/mol. The zero-order valence-corrected chi connectivity index (χ0v) is 15.4. The Labute approximate surface area is 155 Å². The van der Waals surface area contributed by atoms with Gasteiger partial charge in [0.05, 0.1) is 6.54 Å². The third-order valence-corrected chi connectivity index (χ3v) is 5.13. The van der Waals surface area contributed by atoms with Gasteiger partial charge in [0.25, 0.3) is 5.91 Å². The summed E-state index contributed by atoms with van der Waals surface area (Å²) in [5, 5.41) is 6.29. The van der Waals surface area contributed by atoms with Gasteiger partial charge in [-0.3, -0.25) is 4.79 Å². The number of carbonyl (C=O) groups excluding carboxylic acids is 1. The van der Waals surface area contributed by atoms with Crippen molar-refractivity contribution in [2.24, 2.45) is 0 Å². The Hall–Kier alpha value is -2.18. The van der Waals surface area contributed by atoms with E-state index in [2.05, 4.69) is 44.5 Å². The predicted molar refractivity (Wildman–Crippen MR) is 101 cm³/mol. The fraction of sp³-hybridized carbons (Fsp3) is 0.500. The number of aromatic nitrogens is 2. The number of piperidine rings is 1. The number of ether oxygens (including phenoxy) is 1. The van der Waals surface area contributed by atoms with Gasteiger partial charge in [-0.15, -0.1) is 0 Å². The quantitative estimate of drug-likeness (QED) is 0.758. The maximum absolute atomic E-state index is 12.7. The minimum atomic E-state index is -0.712. The Balaban J connectivity index is 1.51. The average Bonchev–Trinajstić information content (AvgIpc) is 3.15. The number of amides is 1. The lowest BCUT2D eigenvalue weighted by Crippen LogP contribution is -2.54. The SMILES string of the molecule is COC1(C(=O)NCc2nccn2CCCc2ccccc2)CCNCC1. The minimum absolute atomic E-state index is 0.0414. The number of hydrogen-bond acceptors (Lipinski definition) is 4. The third-order valence-electron chi connectivity index (χ3n) is 5.13. The Kier molecular flexibility index (Phi) is 6.41. The summed E-state index contributed by atoms with van der Waals surface area (Å²) in [4.78, 5) is 17.1. The number of nitrogens with one attached hydrogen (secondary N) is 2. The first-order valence-electron chi connectivity index (χ1n) is 9.32. The van der Waals surface area contributed by atoms with Gasteiger partial charge in [-0.05, 0) is 44.3 Å². The molecule has 0 bridgehead atoms. The van der Waals surface area contributed by atoms with Crippen molar-refractivity contribution in [2.45, 2.75) is 44.4 Å². The van der Waals surface area contributed by atoms with Crippen LogP contribution in [-0.2, 0) is 29.0 Å². The van der Waals surface area contributed by atoms with Crippen molar-refractivity contribution in [1.29, 1.82) is 0 Å². The molecule has 1 aliphatic heterocycles. The molecule has 140 valence electrons. The highest BCUT2D eigenvalue weighted by Gasteiger charge is 2.39. The van der Waals surface area contributed by atoms with E-state index in [-0.39, 0.29) is 5.91 Å². The molecule has 0 saturated carbocycles. The molecule has 0 atom stereocenters. The zero-order chi connectivity index (χ0) is 18.2. The molecule has 0 unspecified atom stereocenters. The van der Waals surface area contributed by atoms with Gasteiger partial charge in [-0.1, -0.05) is 30.3 Å². The molecule has 0 spiro atoms. The molecule has 2 heterocycles. The summed E-state index contributed by atoms with van der Waals surface area (Å²) in [6, 6.07) is 10.5. The molecular formula is C20H28N4O2. The normalized spacial score (nSPS) is 16.3. The predicted octanol–water partition coefficient (Wildman–Crippen LogP) is 1.90. The largest absolute Gasteiger partial charge is 0.368 e. The molecule has 1 aromatic heterocycles. The van der Waals surface area contributed by atoms with E-state index in [1.54, 1.807) is 13.3 Å². The van der Waals surface area contributed by atoms with E-state index >= 15 is 0 Å². The van der Waals surface area contributed by atoms with Crippen molar-refractivity contribution in [3.63, 3.8) is 0 Å². The Morgan fingerprint density at radius 2 is 2.08 bits per heavy atom. The van der Waals surface area contributed by atoms with Gasteiger partial charge < -0.3 is 19.9 Å². The van der Waals surface area contributed by atoms with Crippen molar-refractivity contribution in [1.82, 2.24) is 20.2 Å². The van der Waals surface area contributed by atoms with Crippen LogP contribution in [-0.4, -0.2) is 41.3 Å². The first-order valence-corrected chi connectivity index (χ1v) is 9.32. The molecule has 0 radical (unpaired) electrons. The topological polar surface area (TPSA) is 68.2 Å². The number of methoxy groups -OCH3 is 1. The van der Waals surface area contributed by atoms with Gasteiger partial charge in [0.15, 0.2) is 0 Å². The molecule has 1 aromatic carbocycles. The molecule has 1 amide bonds. The van der Waals surface area contributed by atoms with Crippen molar-refractivity contribution in [2.75, 3.05) is 20.2 Å². The van der Waals surface area contributed by atoms with Crippen LogP contribution in [0.3, 0.4) is 0 Å². The fourth-order valence-corrected chi connectivity index (χ4v) is 3.48. The number of imidazole rings is 1. The van der Waals surface area contributed by atoms with Gasteiger partial charge in [-0.25, -0.2) is 4.98 Å². The minimum Gasteiger partial charge on any atom is -0.368 e. The number of hydrogen-bond donors (Lipinski definition) is 2. The number of carbonyl (C=O) groups is 1. The van der Waals surface area contributed by atoms with Gasteiger partial charge in [0, 0.05) is 26.0 Å². The first kappa shape index (κ1) is 18.6. The molecule has 1 aliphatic rings. The standard InChI is InChI=1S/C20H28N4O2/c1-26-20(9-11-21-12-10-20)19(25)23-16-18-22-13-15-24(18)14-5-8-17-6-3-2-4-7-17/h2-4,6-7,13,15,21H,5,8-12,14,16H2,1H3,(H,23,25). The van der Waals surface area contributed by atoms with Crippen LogP contribution >= 0.6 is 0 Å². The summed E-state index contributed by atoms with van der Waals surface area (Å²) in [6.07, 6.45) is 7.23. The fourth-order valence-electron chi connectivity index (χ4n) is 3.48. The Morgan fingerprint density at radius 1 is 1.31 bits per heavy atom. The van der Waals surface area contributed by atoms with E-state index in [1.807, 2.05) is 12.3 Å². The number of aryl methyl sites for hydroxylation is 2. The number of nitrogens with zero attached hydrogens (tertiary/aromatic N) is 2. The summed E-state index contributed by atoms with van der Waals surface area (Å²) in [6.45, 7) is 2.92. The second kappa shape index (κ2) is 8.96. The molecule has 1 fully saturated rings. The van der Waals surface area contributed by atoms with Crippen LogP contribution < -0.4 is 10.6 Å². The van der Waals surface area contributed by atoms with E-state index in [4.69, 9.17) is 4.74 Å². The van der Waals surface area contributed by atoms with E-state index in [9.17, 15) is 4.79 Å². The van der Waals surface area contributed by atoms with Crippen LogP contribution in [0.4, 0.5) is 0 Å². The first-order chi connectivity index (χ1) is 12.7.